The van der Waals surface area contributed by atoms with Crippen LogP contribution in [-0.2, 0) is 9.59 Å². The lowest BCUT2D eigenvalue weighted by Gasteiger charge is -2.23. The summed E-state index contributed by atoms with van der Waals surface area (Å²) >= 11 is 0. The van der Waals surface area contributed by atoms with Crippen LogP contribution in [0.4, 0.5) is 0 Å². The van der Waals surface area contributed by atoms with Crippen molar-refractivity contribution >= 4 is 11.9 Å². The van der Waals surface area contributed by atoms with Gasteiger partial charge in [0, 0.05) is 0 Å². The number of hydrogen-bond acceptors (Lipinski definition) is 4. The second-order valence-electron chi connectivity index (χ2n) is 4.86. The number of benzene rings is 1. The third kappa shape index (κ3) is 4.15. The van der Waals surface area contributed by atoms with Gasteiger partial charge in [-0.2, -0.15) is 0 Å². The Morgan fingerprint density at radius 1 is 1.20 bits per heavy atom. The van der Waals surface area contributed by atoms with Gasteiger partial charge in [0.2, 0.25) is 0 Å². The number of carboxylic acid groups (broad SMARTS) is 1. The zero-order valence-corrected chi connectivity index (χ0v) is 12.0. The summed E-state index contributed by atoms with van der Waals surface area (Å²) in [5, 5.41) is 11.4. The van der Waals surface area contributed by atoms with E-state index in [1.54, 1.807) is 38.3 Å². The second kappa shape index (κ2) is 6.27. The lowest BCUT2D eigenvalue weighted by atomic mass is 10.1. The van der Waals surface area contributed by atoms with E-state index in [0.717, 1.165) is 0 Å². The maximum Gasteiger partial charge on any atom is 0.328 e. The van der Waals surface area contributed by atoms with Crippen molar-refractivity contribution in [1.29, 1.82) is 0 Å². The molecule has 1 unspecified atom stereocenters. The van der Waals surface area contributed by atoms with Crippen LogP contribution in [0.15, 0.2) is 24.3 Å². The first-order valence-electron chi connectivity index (χ1n) is 6.12. The van der Waals surface area contributed by atoms with E-state index in [1.165, 1.54) is 13.8 Å². The number of nitrogens with one attached hydrogen (secondary N) is 1. The highest BCUT2D eigenvalue weighted by Gasteiger charge is 2.31. The van der Waals surface area contributed by atoms with Crippen LogP contribution in [0.3, 0.4) is 0 Å². The van der Waals surface area contributed by atoms with Crippen molar-refractivity contribution in [2.45, 2.75) is 32.4 Å². The molecule has 0 bridgehead atoms. The molecule has 20 heavy (non-hydrogen) atoms. The number of aliphatic carboxylic acids is 1. The van der Waals surface area contributed by atoms with Gasteiger partial charge in [0.05, 0.1) is 7.11 Å². The fraction of sp³-hybridized carbons (Fsp3) is 0.429. The summed E-state index contributed by atoms with van der Waals surface area (Å²) in [6.45, 7) is 4.37. The fourth-order valence-electron chi connectivity index (χ4n) is 1.38. The Balaban J connectivity index is 2.63. The number of hydrogen-bond donors (Lipinski definition) is 2. The Hall–Kier alpha value is -2.24. The first-order chi connectivity index (χ1) is 9.26. The molecule has 0 aliphatic rings. The third-order valence-electron chi connectivity index (χ3n) is 2.71. The average molecular weight is 281 g/mol. The summed E-state index contributed by atoms with van der Waals surface area (Å²) in [5.74, 6) is -0.418. The first-order valence-corrected chi connectivity index (χ1v) is 6.12. The van der Waals surface area contributed by atoms with Crippen LogP contribution in [0.2, 0.25) is 0 Å². The molecule has 6 heteroatoms. The van der Waals surface area contributed by atoms with Crippen molar-refractivity contribution in [2.24, 2.45) is 0 Å². The van der Waals surface area contributed by atoms with Crippen LogP contribution < -0.4 is 14.8 Å². The van der Waals surface area contributed by atoms with Gasteiger partial charge >= 0.3 is 5.97 Å². The number of carbonyl (C=O) groups is 2. The Morgan fingerprint density at radius 3 is 2.15 bits per heavy atom. The van der Waals surface area contributed by atoms with E-state index in [-0.39, 0.29) is 0 Å². The van der Waals surface area contributed by atoms with Crippen LogP contribution in [-0.4, -0.2) is 35.7 Å². The maximum atomic E-state index is 11.9. The maximum absolute atomic E-state index is 11.9. The van der Waals surface area contributed by atoms with Gasteiger partial charge in [0.25, 0.3) is 5.91 Å². The summed E-state index contributed by atoms with van der Waals surface area (Å²) < 4.78 is 10.5. The number of methoxy groups -OCH3 is 1. The lowest BCUT2D eigenvalue weighted by Crippen LogP contribution is -2.53. The Bertz CT molecular complexity index is 481. The summed E-state index contributed by atoms with van der Waals surface area (Å²) in [4.78, 5) is 22.8. The monoisotopic (exact) mass is 281 g/mol. The van der Waals surface area contributed by atoms with Crippen LogP contribution in [0, 0.1) is 0 Å². The van der Waals surface area contributed by atoms with Crippen molar-refractivity contribution in [2.75, 3.05) is 7.11 Å². The molecule has 0 aromatic heterocycles. The Morgan fingerprint density at radius 2 is 1.70 bits per heavy atom. The SMILES string of the molecule is COc1ccc(OC(C)C(=O)NC(C)(C)C(=O)O)cc1. The minimum absolute atomic E-state index is 0.492. The number of amides is 1. The molecular formula is C14H19NO5. The smallest absolute Gasteiger partial charge is 0.328 e. The largest absolute Gasteiger partial charge is 0.497 e. The molecule has 0 saturated heterocycles. The van der Waals surface area contributed by atoms with Gasteiger partial charge in [-0.25, -0.2) is 4.79 Å². The number of ether oxygens (including phenoxy) is 2. The highest BCUT2D eigenvalue weighted by atomic mass is 16.5. The van der Waals surface area contributed by atoms with Crippen LogP contribution >= 0.6 is 0 Å². The molecule has 0 aliphatic heterocycles. The minimum atomic E-state index is -1.34. The molecular weight excluding hydrogens is 262 g/mol. The zero-order chi connectivity index (χ0) is 15.3. The highest BCUT2D eigenvalue weighted by Crippen LogP contribution is 2.18. The predicted molar refractivity (Wildman–Crippen MR) is 72.9 cm³/mol. The standard InChI is InChI=1S/C14H19NO5/c1-9(12(16)15-14(2,3)13(17)18)20-11-7-5-10(19-4)6-8-11/h5-9H,1-4H3,(H,15,16)(H,17,18). The lowest BCUT2D eigenvalue weighted by molar-refractivity contribution is -0.147. The van der Waals surface area contributed by atoms with Crippen molar-refractivity contribution in [3.8, 4) is 11.5 Å². The van der Waals surface area contributed by atoms with Gasteiger partial charge in [-0.15, -0.1) is 0 Å². The Kier molecular flexibility index (Phi) is 4.96. The first kappa shape index (κ1) is 15.8. The molecule has 1 aromatic rings. The van der Waals surface area contributed by atoms with Gasteiger partial charge in [0.1, 0.15) is 17.0 Å². The molecule has 0 radical (unpaired) electrons. The summed E-state index contributed by atoms with van der Waals surface area (Å²) in [7, 11) is 1.56. The van der Waals surface area contributed by atoms with Crippen molar-refractivity contribution < 1.29 is 24.2 Å². The quantitative estimate of drug-likeness (QED) is 0.824. The predicted octanol–water partition coefficient (Wildman–Crippen LogP) is 1.44. The number of carboxylic acids is 1. The van der Waals surface area contributed by atoms with Gasteiger partial charge < -0.3 is 19.9 Å². The van der Waals surface area contributed by atoms with Crippen LogP contribution in [0.25, 0.3) is 0 Å². The summed E-state index contributed by atoms with van der Waals surface area (Å²) in [5.41, 5.74) is -1.34. The van der Waals surface area contributed by atoms with Gasteiger partial charge in [-0.3, -0.25) is 4.79 Å². The molecule has 1 aromatic carbocycles. The highest BCUT2D eigenvalue weighted by molar-refractivity contribution is 5.88. The molecule has 1 atom stereocenters. The van der Waals surface area contributed by atoms with E-state index in [4.69, 9.17) is 14.6 Å². The number of rotatable bonds is 6. The molecule has 1 amide bonds. The molecule has 1 rings (SSSR count). The van der Waals surface area contributed by atoms with Gasteiger partial charge in [-0.1, -0.05) is 0 Å². The molecule has 6 nitrogen and oxygen atoms in total. The van der Waals surface area contributed by atoms with E-state index in [1.807, 2.05) is 0 Å². The molecule has 0 saturated carbocycles. The molecule has 0 heterocycles. The molecule has 0 aliphatic carbocycles. The van der Waals surface area contributed by atoms with Crippen LogP contribution in [0.5, 0.6) is 11.5 Å². The van der Waals surface area contributed by atoms with E-state index < -0.39 is 23.5 Å². The molecule has 0 fully saturated rings. The van der Waals surface area contributed by atoms with Crippen molar-refractivity contribution in [1.82, 2.24) is 5.32 Å². The molecule has 2 N–H and O–H groups in total. The third-order valence-corrected chi connectivity index (χ3v) is 2.71. The summed E-state index contributed by atoms with van der Waals surface area (Å²) in [6.07, 6.45) is -0.804. The Labute approximate surface area is 117 Å². The van der Waals surface area contributed by atoms with E-state index in [2.05, 4.69) is 5.32 Å². The topological polar surface area (TPSA) is 84.9 Å². The number of carbonyl (C=O) groups excluding carboxylic acids is 1. The van der Waals surface area contributed by atoms with E-state index in [0.29, 0.717) is 11.5 Å². The molecule has 0 spiro atoms. The van der Waals surface area contributed by atoms with Gasteiger partial charge in [0.15, 0.2) is 6.10 Å². The molecule has 110 valence electrons. The van der Waals surface area contributed by atoms with E-state index >= 15 is 0 Å². The van der Waals surface area contributed by atoms with Crippen molar-refractivity contribution in [3.05, 3.63) is 24.3 Å². The zero-order valence-electron chi connectivity index (χ0n) is 12.0. The minimum Gasteiger partial charge on any atom is -0.497 e. The fourth-order valence-corrected chi connectivity index (χ4v) is 1.38. The average Bonchev–Trinajstić information content (AvgIpc) is 2.38. The normalized spacial score (nSPS) is 12.4. The second-order valence-corrected chi connectivity index (χ2v) is 4.86. The van der Waals surface area contributed by atoms with E-state index in [9.17, 15) is 9.59 Å². The van der Waals surface area contributed by atoms with Gasteiger partial charge in [-0.05, 0) is 45.0 Å². The van der Waals surface area contributed by atoms with Crippen LogP contribution in [0.1, 0.15) is 20.8 Å². The summed E-state index contributed by atoms with van der Waals surface area (Å²) in [6, 6.07) is 6.76. The van der Waals surface area contributed by atoms with Crippen molar-refractivity contribution in [3.63, 3.8) is 0 Å².